The molecule has 1 heterocycles. The number of carbonyl (C=O) groups excluding carboxylic acids is 1. The van der Waals surface area contributed by atoms with Crippen molar-refractivity contribution in [3.05, 3.63) is 77.9 Å². The molecule has 0 radical (unpaired) electrons. The number of nitrogens with one attached hydrogen (secondary N) is 1. The van der Waals surface area contributed by atoms with E-state index in [4.69, 9.17) is 6.42 Å². The van der Waals surface area contributed by atoms with Gasteiger partial charge in [0.2, 0.25) is 10.0 Å². The zero-order chi connectivity index (χ0) is 22.6. The van der Waals surface area contributed by atoms with Crippen LogP contribution in [-0.2, 0) is 16.6 Å². The van der Waals surface area contributed by atoms with Crippen LogP contribution < -0.4 is 4.72 Å². The summed E-state index contributed by atoms with van der Waals surface area (Å²) in [7, 11) is -3.74. The Labute approximate surface area is 188 Å². The van der Waals surface area contributed by atoms with Crippen LogP contribution in [0.3, 0.4) is 0 Å². The number of fused-ring (bicyclic) bond motifs is 1. The lowest BCUT2D eigenvalue weighted by atomic mass is 10.0. The molecular formula is C25H25N3O3S. The van der Waals surface area contributed by atoms with E-state index >= 15 is 0 Å². The van der Waals surface area contributed by atoms with Crippen LogP contribution in [0.25, 0.3) is 10.8 Å². The quantitative estimate of drug-likeness (QED) is 0.590. The molecule has 0 saturated carbocycles. The Bertz CT molecular complexity index is 1270. The zero-order valence-corrected chi connectivity index (χ0v) is 18.5. The topological polar surface area (TPSA) is 69.7 Å². The van der Waals surface area contributed by atoms with Gasteiger partial charge in [-0.3, -0.25) is 9.69 Å². The first-order valence-electron chi connectivity index (χ1n) is 10.5. The van der Waals surface area contributed by atoms with Crippen molar-refractivity contribution >= 4 is 26.7 Å². The molecule has 164 valence electrons. The van der Waals surface area contributed by atoms with Crippen LogP contribution in [0, 0.1) is 12.3 Å². The average Bonchev–Trinajstić information content (AvgIpc) is 2.83. The van der Waals surface area contributed by atoms with Gasteiger partial charge in [-0.05, 0) is 34.5 Å². The first kappa shape index (κ1) is 22.0. The normalized spacial score (nSPS) is 14.9. The number of amides is 1. The van der Waals surface area contributed by atoms with E-state index in [1.807, 2.05) is 6.07 Å². The molecule has 32 heavy (non-hydrogen) atoms. The molecule has 3 aromatic carbocycles. The summed E-state index contributed by atoms with van der Waals surface area (Å²) >= 11 is 0. The predicted molar refractivity (Wildman–Crippen MR) is 126 cm³/mol. The second-order valence-corrected chi connectivity index (χ2v) is 9.53. The molecule has 1 aliphatic heterocycles. The van der Waals surface area contributed by atoms with Crippen molar-refractivity contribution < 1.29 is 13.2 Å². The first-order valence-corrected chi connectivity index (χ1v) is 12.0. The molecule has 0 bridgehead atoms. The van der Waals surface area contributed by atoms with Crippen LogP contribution in [0.15, 0.2) is 71.6 Å². The van der Waals surface area contributed by atoms with Crippen molar-refractivity contribution in [2.24, 2.45) is 0 Å². The molecule has 1 amide bonds. The summed E-state index contributed by atoms with van der Waals surface area (Å²) in [5.74, 6) is 2.08. The van der Waals surface area contributed by atoms with Crippen molar-refractivity contribution in [2.75, 3.05) is 32.7 Å². The van der Waals surface area contributed by atoms with Gasteiger partial charge < -0.3 is 4.90 Å². The number of rotatable bonds is 6. The number of hydrogen-bond acceptors (Lipinski definition) is 4. The standard InChI is InChI=1S/C25H25N3O3S/c1-2-13-26-32(30,31)23-11-6-9-21(18-23)25(29)28-16-14-27(15-17-28)19-22-10-5-8-20-7-3-4-12-24(20)22/h1,3-12,18,26H,13-17,19H2. The molecule has 4 rings (SSSR count). The smallest absolute Gasteiger partial charge is 0.253 e. The van der Waals surface area contributed by atoms with Gasteiger partial charge in [-0.25, -0.2) is 8.42 Å². The van der Waals surface area contributed by atoms with Crippen LogP contribution in [0.1, 0.15) is 15.9 Å². The largest absolute Gasteiger partial charge is 0.336 e. The van der Waals surface area contributed by atoms with E-state index in [1.165, 1.54) is 28.5 Å². The molecule has 3 aromatic rings. The predicted octanol–water partition coefficient (Wildman–Crippen LogP) is 2.71. The van der Waals surface area contributed by atoms with E-state index in [9.17, 15) is 13.2 Å². The van der Waals surface area contributed by atoms with Crippen molar-refractivity contribution in [2.45, 2.75) is 11.4 Å². The van der Waals surface area contributed by atoms with Gasteiger partial charge in [0.05, 0.1) is 11.4 Å². The summed E-state index contributed by atoms with van der Waals surface area (Å²) < 4.78 is 26.9. The Kier molecular flexibility index (Phi) is 6.56. The van der Waals surface area contributed by atoms with Gasteiger partial charge in [-0.15, -0.1) is 6.42 Å². The van der Waals surface area contributed by atoms with E-state index in [0.717, 1.165) is 19.6 Å². The fourth-order valence-corrected chi connectivity index (χ4v) is 4.96. The molecule has 0 aromatic heterocycles. The van der Waals surface area contributed by atoms with E-state index < -0.39 is 10.0 Å². The van der Waals surface area contributed by atoms with Gasteiger partial charge in [0, 0.05) is 38.3 Å². The molecule has 1 saturated heterocycles. The monoisotopic (exact) mass is 447 g/mol. The van der Waals surface area contributed by atoms with E-state index in [2.05, 4.69) is 51.9 Å². The SMILES string of the molecule is C#CCNS(=O)(=O)c1cccc(C(=O)N2CCN(Cc3cccc4ccccc34)CC2)c1. The highest BCUT2D eigenvalue weighted by Gasteiger charge is 2.24. The first-order chi connectivity index (χ1) is 15.5. The van der Waals surface area contributed by atoms with Crippen molar-refractivity contribution in [1.82, 2.24) is 14.5 Å². The molecule has 1 fully saturated rings. The zero-order valence-electron chi connectivity index (χ0n) is 17.7. The third-order valence-corrected chi connectivity index (χ3v) is 7.09. The second kappa shape index (κ2) is 9.53. The van der Waals surface area contributed by atoms with Gasteiger partial charge in [-0.1, -0.05) is 54.5 Å². The van der Waals surface area contributed by atoms with Gasteiger partial charge >= 0.3 is 0 Å². The van der Waals surface area contributed by atoms with Crippen LogP contribution >= 0.6 is 0 Å². The van der Waals surface area contributed by atoms with Crippen LogP contribution in [0.5, 0.6) is 0 Å². The number of terminal acetylenes is 1. The maximum atomic E-state index is 13.0. The lowest BCUT2D eigenvalue weighted by molar-refractivity contribution is 0.0628. The number of piperazine rings is 1. The Morgan fingerprint density at radius 2 is 1.69 bits per heavy atom. The summed E-state index contributed by atoms with van der Waals surface area (Å²) in [6, 6.07) is 20.8. The molecule has 0 aliphatic carbocycles. The minimum atomic E-state index is -3.74. The summed E-state index contributed by atoms with van der Waals surface area (Å²) in [6.07, 6.45) is 5.13. The Balaban J connectivity index is 1.41. The summed E-state index contributed by atoms with van der Waals surface area (Å²) in [4.78, 5) is 17.1. The molecule has 6 nitrogen and oxygen atoms in total. The Hall–Kier alpha value is -3.18. The van der Waals surface area contributed by atoms with Crippen LogP contribution in [-0.4, -0.2) is 56.8 Å². The molecule has 0 atom stereocenters. The number of sulfonamides is 1. The van der Waals surface area contributed by atoms with Gasteiger partial charge in [0.25, 0.3) is 5.91 Å². The lowest BCUT2D eigenvalue weighted by Crippen LogP contribution is -2.48. The van der Waals surface area contributed by atoms with Crippen LogP contribution in [0.4, 0.5) is 0 Å². The van der Waals surface area contributed by atoms with E-state index in [0.29, 0.717) is 18.7 Å². The number of carbonyl (C=O) groups is 1. The fraction of sp³-hybridized carbons (Fsp3) is 0.240. The second-order valence-electron chi connectivity index (χ2n) is 7.76. The van der Waals surface area contributed by atoms with Crippen molar-refractivity contribution in [1.29, 1.82) is 0 Å². The van der Waals surface area contributed by atoms with Crippen molar-refractivity contribution in [3.63, 3.8) is 0 Å². The maximum Gasteiger partial charge on any atom is 0.253 e. The molecule has 1 aliphatic rings. The summed E-state index contributed by atoms with van der Waals surface area (Å²) in [6.45, 7) is 3.44. The third kappa shape index (κ3) is 4.83. The minimum Gasteiger partial charge on any atom is -0.336 e. The molecule has 1 N–H and O–H groups in total. The number of hydrogen-bond donors (Lipinski definition) is 1. The van der Waals surface area contributed by atoms with Gasteiger partial charge in [0.15, 0.2) is 0 Å². The fourth-order valence-electron chi connectivity index (χ4n) is 3.98. The molecule has 0 unspecified atom stereocenters. The number of nitrogens with zero attached hydrogens (tertiary/aromatic N) is 2. The van der Waals surface area contributed by atoms with Gasteiger partial charge in [-0.2, -0.15) is 4.72 Å². The highest BCUT2D eigenvalue weighted by Crippen LogP contribution is 2.21. The van der Waals surface area contributed by atoms with E-state index in [1.54, 1.807) is 17.0 Å². The average molecular weight is 448 g/mol. The van der Waals surface area contributed by atoms with E-state index in [-0.39, 0.29) is 17.3 Å². The van der Waals surface area contributed by atoms with Crippen LogP contribution in [0.2, 0.25) is 0 Å². The van der Waals surface area contributed by atoms with Crippen molar-refractivity contribution in [3.8, 4) is 12.3 Å². The summed E-state index contributed by atoms with van der Waals surface area (Å²) in [5, 5.41) is 2.48. The number of benzene rings is 3. The maximum absolute atomic E-state index is 13.0. The Morgan fingerprint density at radius 1 is 0.969 bits per heavy atom. The highest BCUT2D eigenvalue weighted by atomic mass is 32.2. The van der Waals surface area contributed by atoms with Gasteiger partial charge in [0.1, 0.15) is 0 Å². The third-order valence-electron chi connectivity index (χ3n) is 5.69. The lowest BCUT2D eigenvalue weighted by Gasteiger charge is -2.35. The molecule has 0 spiro atoms. The molecule has 7 heteroatoms. The Morgan fingerprint density at radius 3 is 2.47 bits per heavy atom. The highest BCUT2D eigenvalue weighted by molar-refractivity contribution is 7.89. The molecular weight excluding hydrogens is 422 g/mol. The minimum absolute atomic E-state index is 0.0354. The summed E-state index contributed by atoms with van der Waals surface area (Å²) in [5.41, 5.74) is 1.64.